The number of hydrogen-bond acceptors (Lipinski definition) is 3. The molecule has 1 amide bonds. The lowest BCUT2D eigenvalue weighted by molar-refractivity contribution is -0.122. The summed E-state index contributed by atoms with van der Waals surface area (Å²) in [5.41, 5.74) is 5.85. The molecule has 1 aromatic rings. The molecule has 0 aromatic heterocycles. The molecule has 0 saturated heterocycles. The van der Waals surface area contributed by atoms with Gasteiger partial charge in [-0.15, -0.1) is 0 Å². The predicted molar refractivity (Wildman–Crippen MR) is 90.7 cm³/mol. The first-order valence-corrected chi connectivity index (χ1v) is 7.66. The number of methoxy groups -OCH3 is 1. The second-order valence-electron chi connectivity index (χ2n) is 5.13. The van der Waals surface area contributed by atoms with E-state index in [9.17, 15) is 4.79 Å². The standard InChI is InChI=1S/C16H24N2O2S/c1-4-10-16(11-5-2,14(17)21)15(19)18-12-6-8-13(20-3)9-7-12/h6-9H,4-5,10-11H2,1-3H3,(H2,17,21)(H,18,19). The lowest BCUT2D eigenvalue weighted by Gasteiger charge is -2.31. The van der Waals surface area contributed by atoms with E-state index in [0.717, 1.165) is 18.6 Å². The molecule has 4 nitrogen and oxygen atoms in total. The van der Waals surface area contributed by atoms with Gasteiger partial charge >= 0.3 is 0 Å². The lowest BCUT2D eigenvalue weighted by Crippen LogP contribution is -2.46. The highest BCUT2D eigenvalue weighted by Crippen LogP contribution is 2.32. The fraction of sp³-hybridized carbons (Fsp3) is 0.500. The number of ether oxygens (including phenoxy) is 1. The Morgan fingerprint density at radius 1 is 1.24 bits per heavy atom. The molecule has 116 valence electrons. The van der Waals surface area contributed by atoms with Crippen molar-refractivity contribution in [2.75, 3.05) is 12.4 Å². The van der Waals surface area contributed by atoms with Crippen molar-refractivity contribution >= 4 is 28.8 Å². The first-order valence-electron chi connectivity index (χ1n) is 7.25. The Bertz CT molecular complexity index is 480. The van der Waals surface area contributed by atoms with E-state index in [4.69, 9.17) is 22.7 Å². The molecule has 0 aliphatic heterocycles. The Balaban J connectivity index is 2.96. The van der Waals surface area contributed by atoms with Crippen molar-refractivity contribution in [1.29, 1.82) is 0 Å². The van der Waals surface area contributed by atoms with Gasteiger partial charge < -0.3 is 15.8 Å². The van der Waals surface area contributed by atoms with Crippen LogP contribution in [0.5, 0.6) is 5.75 Å². The quantitative estimate of drug-likeness (QED) is 0.721. The molecule has 1 aromatic carbocycles. The van der Waals surface area contributed by atoms with Gasteiger partial charge in [-0.1, -0.05) is 38.9 Å². The Morgan fingerprint density at radius 3 is 2.14 bits per heavy atom. The van der Waals surface area contributed by atoms with Crippen LogP contribution in [0, 0.1) is 5.41 Å². The molecule has 0 saturated carbocycles. The summed E-state index contributed by atoms with van der Waals surface area (Å²) in [4.78, 5) is 13.0. The molecule has 0 atom stereocenters. The molecule has 1 rings (SSSR count). The molecule has 5 heteroatoms. The van der Waals surface area contributed by atoms with Crippen molar-refractivity contribution in [2.24, 2.45) is 11.1 Å². The Morgan fingerprint density at radius 2 is 1.76 bits per heavy atom. The van der Waals surface area contributed by atoms with Gasteiger partial charge in [0.15, 0.2) is 0 Å². The van der Waals surface area contributed by atoms with E-state index in [-0.39, 0.29) is 10.9 Å². The summed E-state index contributed by atoms with van der Waals surface area (Å²) >= 11 is 5.19. The molecule has 0 bridgehead atoms. The van der Waals surface area contributed by atoms with E-state index >= 15 is 0 Å². The van der Waals surface area contributed by atoms with E-state index in [1.54, 1.807) is 31.4 Å². The number of nitrogens with one attached hydrogen (secondary N) is 1. The summed E-state index contributed by atoms with van der Waals surface area (Å²) < 4.78 is 5.10. The third-order valence-electron chi connectivity index (χ3n) is 3.61. The minimum absolute atomic E-state index is 0.121. The summed E-state index contributed by atoms with van der Waals surface area (Å²) in [6, 6.07) is 7.22. The minimum Gasteiger partial charge on any atom is -0.497 e. The van der Waals surface area contributed by atoms with Crippen LogP contribution >= 0.6 is 12.2 Å². The van der Waals surface area contributed by atoms with Gasteiger partial charge in [-0.3, -0.25) is 4.79 Å². The molecule has 0 fully saturated rings. The molecule has 0 spiro atoms. The van der Waals surface area contributed by atoms with E-state index in [0.29, 0.717) is 18.5 Å². The highest BCUT2D eigenvalue weighted by Gasteiger charge is 2.39. The summed E-state index contributed by atoms with van der Waals surface area (Å²) in [7, 11) is 1.61. The number of carbonyl (C=O) groups excluding carboxylic acids is 1. The normalized spacial score (nSPS) is 11.0. The van der Waals surface area contributed by atoms with Gasteiger partial charge in [0.25, 0.3) is 0 Å². The number of carbonyl (C=O) groups is 1. The second kappa shape index (κ2) is 7.98. The van der Waals surface area contributed by atoms with Gasteiger partial charge in [0.05, 0.1) is 17.5 Å². The Hall–Kier alpha value is -1.62. The maximum Gasteiger partial charge on any atom is 0.237 e. The SMILES string of the molecule is CCCC(CCC)(C(=O)Nc1ccc(OC)cc1)C(N)=S. The van der Waals surface area contributed by atoms with Gasteiger partial charge in [0.1, 0.15) is 5.75 Å². The van der Waals surface area contributed by atoms with Gasteiger partial charge in [-0.2, -0.15) is 0 Å². The summed E-state index contributed by atoms with van der Waals surface area (Å²) in [5.74, 6) is 0.625. The summed E-state index contributed by atoms with van der Waals surface area (Å²) in [6.07, 6.45) is 3.04. The average molecular weight is 308 g/mol. The van der Waals surface area contributed by atoms with Crippen LogP contribution in [0.2, 0.25) is 0 Å². The van der Waals surface area contributed by atoms with Gasteiger partial charge in [-0.25, -0.2) is 0 Å². The van der Waals surface area contributed by atoms with Crippen molar-refractivity contribution in [3.05, 3.63) is 24.3 Å². The summed E-state index contributed by atoms with van der Waals surface area (Å²) in [6.45, 7) is 4.06. The minimum atomic E-state index is -0.765. The fourth-order valence-corrected chi connectivity index (χ4v) is 2.79. The number of amides is 1. The Labute approximate surface area is 132 Å². The van der Waals surface area contributed by atoms with E-state index in [1.165, 1.54) is 0 Å². The van der Waals surface area contributed by atoms with Crippen molar-refractivity contribution in [3.63, 3.8) is 0 Å². The number of benzene rings is 1. The van der Waals surface area contributed by atoms with Crippen LogP contribution in [0.3, 0.4) is 0 Å². The zero-order valence-electron chi connectivity index (χ0n) is 12.9. The second-order valence-corrected chi connectivity index (χ2v) is 5.57. The van der Waals surface area contributed by atoms with Crippen molar-refractivity contribution in [2.45, 2.75) is 39.5 Å². The van der Waals surface area contributed by atoms with Crippen LogP contribution in [0.1, 0.15) is 39.5 Å². The smallest absolute Gasteiger partial charge is 0.237 e. The van der Waals surface area contributed by atoms with Crippen LogP contribution in [0.4, 0.5) is 5.69 Å². The maximum absolute atomic E-state index is 12.7. The third-order valence-corrected chi connectivity index (χ3v) is 4.00. The molecule has 0 aliphatic carbocycles. The first-order chi connectivity index (χ1) is 10.00. The van der Waals surface area contributed by atoms with Crippen LogP contribution in [-0.4, -0.2) is 18.0 Å². The van der Waals surface area contributed by atoms with Gasteiger partial charge in [0.2, 0.25) is 5.91 Å². The highest BCUT2D eigenvalue weighted by atomic mass is 32.1. The molecular formula is C16H24N2O2S. The van der Waals surface area contributed by atoms with Crippen LogP contribution in [-0.2, 0) is 4.79 Å². The molecule has 21 heavy (non-hydrogen) atoms. The largest absolute Gasteiger partial charge is 0.497 e. The number of nitrogens with two attached hydrogens (primary N) is 1. The van der Waals surface area contributed by atoms with E-state index < -0.39 is 5.41 Å². The number of rotatable bonds is 8. The molecule has 0 unspecified atom stereocenters. The first kappa shape index (κ1) is 17.4. The number of thiocarbonyl (C=S) groups is 1. The lowest BCUT2D eigenvalue weighted by atomic mass is 9.78. The Kier molecular flexibility index (Phi) is 6.62. The van der Waals surface area contributed by atoms with Gasteiger partial charge in [-0.05, 0) is 37.1 Å². The molecule has 3 N–H and O–H groups in total. The predicted octanol–water partition coefficient (Wildman–Crippen LogP) is 3.51. The van der Waals surface area contributed by atoms with Crippen LogP contribution in [0.15, 0.2) is 24.3 Å². The number of anilines is 1. The van der Waals surface area contributed by atoms with Crippen molar-refractivity contribution in [3.8, 4) is 5.75 Å². The van der Waals surface area contributed by atoms with Crippen LogP contribution in [0.25, 0.3) is 0 Å². The summed E-state index contributed by atoms with van der Waals surface area (Å²) in [5, 5.41) is 2.92. The van der Waals surface area contributed by atoms with E-state index in [1.807, 2.05) is 13.8 Å². The zero-order valence-corrected chi connectivity index (χ0v) is 13.8. The molecule has 0 heterocycles. The third kappa shape index (κ3) is 4.17. The molecular weight excluding hydrogens is 284 g/mol. The molecule has 0 aliphatic rings. The topological polar surface area (TPSA) is 64.3 Å². The fourth-order valence-electron chi connectivity index (χ4n) is 2.49. The number of hydrogen-bond donors (Lipinski definition) is 2. The maximum atomic E-state index is 12.7. The highest BCUT2D eigenvalue weighted by molar-refractivity contribution is 7.80. The van der Waals surface area contributed by atoms with E-state index in [2.05, 4.69) is 5.32 Å². The average Bonchev–Trinajstić information content (AvgIpc) is 2.47. The van der Waals surface area contributed by atoms with Crippen molar-refractivity contribution in [1.82, 2.24) is 0 Å². The van der Waals surface area contributed by atoms with Gasteiger partial charge in [0, 0.05) is 5.69 Å². The molecule has 0 radical (unpaired) electrons. The monoisotopic (exact) mass is 308 g/mol. The zero-order chi connectivity index (χ0) is 15.9. The van der Waals surface area contributed by atoms with Crippen molar-refractivity contribution < 1.29 is 9.53 Å². The van der Waals surface area contributed by atoms with Crippen LogP contribution < -0.4 is 15.8 Å².